The summed E-state index contributed by atoms with van der Waals surface area (Å²) < 4.78 is 1.37. The van der Waals surface area contributed by atoms with E-state index in [0.29, 0.717) is 6.04 Å². The van der Waals surface area contributed by atoms with Crippen molar-refractivity contribution in [3.63, 3.8) is 0 Å². The second-order valence-electron chi connectivity index (χ2n) is 5.15. The highest BCUT2D eigenvalue weighted by molar-refractivity contribution is 7.98. The van der Waals surface area contributed by atoms with E-state index >= 15 is 0 Å². The van der Waals surface area contributed by atoms with Crippen molar-refractivity contribution in [2.75, 3.05) is 11.6 Å². The van der Waals surface area contributed by atoms with Gasteiger partial charge in [-0.3, -0.25) is 0 Å². The topological polar surface area (TPSA) is 12.0 Å². The lowest BCUT2D eigenvalue weighted by Crippen LogP contribution is -2.06. The third kappa shape index (κ3) is 2.81. The molecule has 0 fully saturated rings. The summed E-state index contributed by atoms with van der Waals surface area (Å²) in [6.45, 7) is 4.47. The summed E-state index contributed by atoms with van der Waals surface area (Å²) in [5.41, 5.74) is 2.62. The molecule has 0 bridgehead atoms. The first-order chi connectivity index (χ1) is 10.2. The van der Waals surface area contributed by atoms with Gasteiger partial charge in [0.1, 0.15) is 0 Å². The van der Waals surface area contributed by atoms with Crippen LogP contribution in [0.3, 0.4) is 0 Å². The summed E-state index contributed by atoms with van der Waals surface area (Å²) in [4.78, 5) is 2.72. The molecule has 0 aliphatic heterocycles. The van der Waals surface area contributed by atoms with Gasteiger partial charge in [-0.1, -0.05) is 30.3 Å². The zero-order valence-corrected chi connectivity index (χ0v) is 14.1. The molecule has 1 nitrogen and oxygen atoms in total. The average Bonchev–Trinajstić information content (AvgIpc) is 2.85. The van der Waals surface area contributed by atoms with Crippen LogP contribution >= 0.6 is 23.1 Å². The third-order valence-electron chi connectivity index (χ3n) is 3.75. The van der Waals surface area contributed by atoms with Gasteiger partial charge in [-0.25, -0.2) is 0 Å². The Morgan fingerprint density at radius 1 is 1.05 bits per heavy atom. The molecule has 1 atom stereocenters. The summed E-state index contributed by atoms with van der Waals surface area (Å²) >= 11 is 3.68. The minimum absolute atomic E-state index is 0.315. The van der Waals surface area contributed by atoms with Gasteiger partial charge in [0.05, 0.1) is 6.04 Å². The van der Waals surface area contributed by atoms with Crippen molar-refractivity contribution in [3.8, 4) is 0 Å². The van der Waals surface area contributed by atoms with Gasteiger partial charge < -0.3 is 5.32 Å². The highest BCUT2D eigenvalue weighted by atomic mass is 32.2. The van der Waals surface area contributed by atoms with Crippen LogP contribution in [0.15, 0.2) is 53.4 Å². The molecular weight excluding hydrogens is 294 g/mol. The number of aryl methyl sites for hydroxylation is 1. The maximum atomic E-state index is 3.67. The fraction of sp³-hybridized carbons (Fsp3) is 0.222. The standard InChI is InChI=1S/C18H19NS2/c1-12-14-8-4-6-10-16(14)21-18(12)13(2)19-15-9-5-7-11-17(15)20-3/h4-11,13,19H,1-3H3. The number of thiophene rings is 1. The summed E-state index contributed by atoms with van der Waals surface area (Å²) in [6, 6.07) is 17.5. The lowest BCUT2D eigenvalue weighted by molar-refractivity contribution is 0.895. The van der Waals surface area contributed by atoms with E-state index < -0.39 is 0 Å². The molecule has 0 saturated heterocycles. The van der Waals surface area contributed by atoms with Gasteiger partial charge in [0.15, 0.2) is 0 Å². The number of hydrogen-bond acceptors (Lipinski definition) is 3. The van der Waals surface area contributed by atoms with E-state index in [0.717, 1.165) is 0 Å². The molecule has 3 rings (SSSR count). The molecule has 21 heavy (non-hydrogen) atoms. The summed E-state index contributed by atoms with van der Waals surface area (Å²) in [5.74, 6) is 0. The Labute approximate surface area is 134 Å². The molecule has 1 heterocycles. The lowest BCUT2D eigenvalue weighted by atomic mass is 10.1. The molecule has 0 saturated carbocycles. The van der Waals surface area contributed by atoms with Gasteiger partial charge in [0, 0.05) is 20.2 Å². The molecule has 2 aromatic carbocycles. The minimum atomic E-state index is 0.315. The Morgan fingerprint density at radius 2 is 1.76 bits per heavy atom. The van der Waals surface area contributed by atoms with Crippen LogP contribution in [-0.4, -0.2) is 6.26 Å². The number of para-hydroxylation sites is 1. The van der Waals surface area contributed by atoms with Crippen LogP contribution in [0, 0.1) is 6.92 Å². The fourth-order valence-electron chi connectivity index (χ4n) is 2.67. The number of benzene rings is 2. The van der Waals surface area contributed by atoms with Gasteiger partial charge in [-0.15, -0.1) is 23.1 Å². The minimum Gasteiger partial charge on any atom is -0.377 e. The molecule has 3 aromatic rings. The molecule has 0 amide bonds. The zero-order chi connectivity index (χ0) is 14.8. The second kappa shape index (κ2) is 6.12. The zero-order valence-electron chi connectivity index (χ0n) is 12.5. The Balaban J connectivity index is 1.93. The predicted molar refractivity (Wildman–Crippen MR) is 96.8 cm³/mol. The Hall–Kier alpha value is -1.45. The molecule has 0 radical (unpaired) electrons. The maximum absolute atomic E-state index is 3.67. The van der Waals surface area contributed by atoms with Crippen LogP contribution in [0.2, 0.25) is 0 Å². The van der Waals surface area contributed by atoms with Crippen LogP contribution in [0.5, 0.6) is 0 Å². The number of thioether (sulfide) groups is 1. The molecule has 0 spiro atoms. The van der Waals surface area contributed by atoms with Gasteiger partial charge >= 0.3 is 0 Å². The first-order valence-corrected chi connectivity index (χ1v) is 9.12. The highest BCUT2D eigenvalue weighted by Gasteiger charge is 2.15. The molecule has 108 valence electrons. The Morgan fingerprint density at radius 3 is 2.52 bits per heavy atom. The quantitative estimate of drug-likeness (QED) is 0.584. The Kier molecular flexibility index (Phi) is 4.22. The molecular formula is C18H19NS2. The highest BCUT2D eigenvalue weighted by Crippen LogP contribution is 2.37. The van der Waals surface area contributed by atoms with Gasteiger partial charge in [0.25, 0.3) is 0 Å². The predicted octanol–water partition coefficient (Wildman–Crippen LogP) is 6.10. The second-order valence-corrected chi connectivity index (χ2v) is 7.09. The first kappa shape index (κ1) is 14.5. The van der Waals surface area contributed by atoms with Crippen molar-refractivity contribution in [2.45, 2.75) is 24.8 Å². The van der Waals surface area contributed by atoms with Crippen LogP contribution in [0.25, 0.3) is 10.1 Å². The monoisotopic (exact) mass is 313 g/mol. The number of rotatable bonds is 4. The SMILES string of the molecule is CSc1ccccc1NC(C)c1sc2ccccc2c1C. The third-order valence-corrected chi connectivity index (χ3v) is 6.00. The molecule has 3 heteroatoms. The molecule has 0 aliphatic carbocycles. The van der Waals surface area contributed by atoms with Gasteiger partial charge in [-0.05, 0) is 49.3 Å². The molecule has 1 aromatic heterocycles. The van der Waals surface area contributed by atoms with Crippen molar-refractivity contribution in [1.82, 2.24) is 0 Å². The van der Waals surface area contributed by atoms with Gasteiger partial charge in [-0.2, -0.15) is 0 Å². The van der Waals surface area contributed by atoms with Crippen molar-refractivity contribution in [3.05, 3.63) is 59.0 Å². The fourth-order valence-corrected chi connectivity index (χ4v) is 4.44. The van der Waals surface area contributed by atoms with Gasteiger partial charge in [0.2, 0.25) is 0 Å². The van der Waals surface area contributed by atoms with Crippen LogP contribution < -0.4 is 5.32 Å². The first-order valence-electron chi connectivity index (χ1n) is 7.08. The lowest BCUT2D eigenvalue weighted by Gasteiger charge is -2.17. The molecule has 1 N–H and O–H groups in total. The van der Waals surface area contributed by atoms with Crippen LogP contribution in [0.1, 0.15) is 23.4 Å². The van der Waals surface area contributed by atoms with Crippen molar-refractivity contribution >= 4 is 38.9 Å². The summed E-state index contributed by atoms with van der Waals surface area (Å²) in [7, 11) is 0. The maximum Gasteiger partial charge on any atom is 0.0581 e. The molecule has 0 aliphatic rings. The average molecular weight is 313 g/mol. The smallest absolute Gasteiger partial charge is 0.0581 e. The number of nitrogens with one attached hydrogen (secondary N) is 1. The largest absolute Gasteiger partial charge is 0.377 e. The van der Waals surface area contributed by atoms with Crippen molar-refractivity contribution in [2.24, 2.45) is 0 Å². The number of fused-ring (bicyclic) bond motifs is 1. The van der Waals surface area contributed by atoms with E-state index in [1.54, 1.807) is 11.8 Å². The van der Waals surface area contributed by atoms with E-state index in [4.69, 9.17) is 0 Å². The van der Waals surface area contributed by atoms with E-state index in [9.17, 15) is 0 Å². The molecule has 1 unspecified atom stereocenters. The van der Waals surface area contributed by atoms with E-state index in [1.165, 1.54) is 31.1 Å². The van der Waals surface area contributed by atoms with E-state index in [2.05, 4.69) is 74.0 Å². The van der Waals surface area contributed by atoms with E-state index in [-0.39, 0.29) is 0 Å². The van der Waals surface area contributed by atoms with E-state index in [1.807, 2.05) is 11.3 Å². The summed E-state index contributed by atoms with van der Waals surface area (Å²) in [6.07, 6.45) is 2.12. The normalized spacial score (nSPS) is 12.5. The van der Waals surface area contributed by atoms with Crippen molar-refractivity contribution in [1.29, 1.82) is 0 Å². The van der Waals surface area contributed by atoms with Crippen LogP contribution in [0.4, 0.5) is 5.69 Å². The number of anilines is 1. The summed E-state index contributed by atoms with van der Waals surface area (Å²) in [5, 5.41) is 5.05. The van der Waals surface area contributed by atoms with Crippen LogP contribution in [-0.2, 0) is 0 Å². The Bertz CT molecular complexity index is 761. The van der Waals surface area contributed by atoms with Crippen molar-refractivity contribution < 1.29 is 0 Å². The number of hydrogen-bond donors (Lipinski definition) is 1.